The number of amides is 1. The van der Waals surface area contributed by atoms with Crippen molar-refractivity contribution < 1.29 is 14.3 Å². The molecule has 0 unspecified atom stereocenters. The lowest BCUT2D eigenvalue weighted by Gasteiger charge is -2.12. The molecule has 164 valence electrons. The van der Waals surface area contributed by atoms with Gasteiger partial charge in [-0.25, -0.2) is 15.0 Å². The van der Waals surface area contributed by atoms with Gasteiger partial charge in [0.15, 0.2) is 11.5 Å². The van der Waals surface area contributed by atoms with Crippen LogP contribution in [0.25, 0.3) is 21.9 Å². The maximum Gasteiger partial charge on any atom is 0.257 e. The van der Waals surface area contributed by atoms with Gasteiger partial charge in [0.1, 0.15) is 12.1 Å². The van der Waals surface area contributed by atoms with E-state index in [4.69, 9.17) is 9.47 Å². The van der Waals surface area contributed by atoms with Crippen molar-refractivity contribution in [3.8, 4) is 11.5 Å². The summed E-state index contributed by atoms with van der Waals surface area (Å²) in [4.78, 5) is 28.7. The molecule has 0 spiro atoms. The van der Waals surface area contributed by atoms with Crippen molar-refractivity contribution in [1.29, 1.82) is 0 Å². The van der Waals surface area contributed by atoms with Crippen LogP contribution >= 0.6 is 0 Å². The molecule has 0 atom stereocenters. The maximum atomic E-state index is 12.4. The molecule has 9 heteroatoms. The second kappa shape index (κ2) is 8.46. The summed E-state index contributed by atoms with van der Waals surface area (Å²) >= 11 is 0. The lowest BCUT2D eigenvalue weighted by molar-refractivity contribution is 0.102. The smallest absolute Gasteiger partial charge is 0.257 e. The zero-order valence-corrected chi connectivity index (χ0v) is 17.9. The molecule has 0 saturated carbocycles. The Morgan fingerprint density at radius 2 is 1.70 bits per heavy atom. The van der Waals surface area contributed by atoms with Gasteiger partial charge in [0.25, 0.3) is 5.91 Å². The van der Waals surface area contributed by atoms with E-state index >= 15 is 0 Å². The minimum Gasteiger partial charge on any atom is -0.493 e. The number of H-pyrrole nitrogens is 1. The van der Waals surface area contributed by atoms with Crippen molar-refractivity contribution >= 4 is 45.3 Å². The Morgan fingerprint density at radius 1 is 0.909 bits per heavy atom. The van der Waals surface area contributed by atoms with Gasteiger partial charge in [-0.15, -0.1) is 0 Å². The molecule has 33 heavy (non-hydrogen) atoms. The van der Waals surface area contributed by atoms with Crippen LogP contribution in [0.4, 0.5) is 17.5 Å². The molecule has 3 aromatic carbocycles. The molecule has 5 aromatic rings. The van der Waals surface area contributed by atoms with E-state index < -0.39 is 0 Å². The summed E-state index contributed by atoms with van der Waals surface area (Å²) in [5.41, 5.74) is 3.56. The minimum absolute atomic E-state index is 0.232. The van der Waals surface area contributed by atoms with Crippen molar-refractivity contribution in [2.75, 3.05) is 24.9 Å². The third-order valence-electron chi connectivity index (χ3n) is 5.15. The first-order valence-electron chi connectivity index (χ1n) is 10.1. The topological polar surface area (TPSA) is 114 Å². The number of rotatable bonds is 6. The number of hydrogen-bond acceptors (Lipinski definition) is 7. The van der Waals surface area contributed by atoms with Crippen LogP contribution < -0.4 is 20.1 Å². The van der Waals surface area contributed by atoms with Crippen molar-refractivity contribution in [2.45, 2.75) is 0 Å². The summed E-state index contributed by atoms with van der Waals surface area (Å²) < 4.78 is 10.8. The van der Waals surface area contributed by atoms with Crippen molar-refractivity contribution in [3.63, 3.8) is 0 Å². The maximum absolute atomic E-state index is 12.4. The van der Waals surface area contributed by atoms with Gasteiger partial charge in [-0.1, -0.05) is 18.2 Å². The Kier molecular flexibility index (Phi) is 5.19. The number of nitrogens with zero attached hydrogens (tertiary/aromatic N) is 3. The fourth-order valence-corrected chi connectivity index (χ4v) is 3.54. The van der Waals surface area contributed by atoms with Crippen LogP contribution in [0.1, 0.15) is 10.4 Å². The van der Waals surface area contributed by atoms with Gasteiger partial charge in [-0.2, -0.15) is 0 Å². The Balaban J connectivity index is 1.43. The monoisotopic (exact) mass is 440 g/mol. The summed E-state index contributed by atoms with van der Waals surface area (Å²) in [6, 6.07) is 18.3. The van der Waals surface area contributed by atoms with Crippen molar-refractivity contribution in [3.05, 3.63) is 72.6 Å². The van der Waals surface area contributed by atoms with Crippen LogP contribution in [0.2, 0.25) is 0 Å². The number of carbonyl (C=O) groups excluding carboxylic acids is 1. The average Bonchev–Trinajstić information content (AvgIpc) is 3.25. The zero-order valence-electron chi connectivity index (χ0n) is 17.9. The third-order valence-corrected chi connectivity index (χ3v) is 5.15. The Morgan fingerprint density at radius 3 is 2.48 bits per heavy atom. The molecule has 2 aromatic heterocycles. The van der Waals surface area contributed by atoms with Crippen LogP contribution in [0, 0.1) is 0 Å². The zero-order chi connectivity index (χ0) is 22.8. The molecule has 5 rings (SSSR count). The number of benzene rings is 3. The standard InChI is InChI=1S/C24H20N6O3/c1-32-20-11-16-18(12-21(20)33-2)25-13-26-22(16)27-15-8-9-17-19(10-15)29-24(28-17)30-23(31)14-6-4-3-5-7-14/h3-13H,1-2H3,(H,25,26,27)(H2,28,29,30,31). The Labute approximate surface area is 188 Å². The molecule has 9 nitrogen and oxygen atoms in total. The fraction of sp³-hybridized carbons (Fsp3) is 0.0833. The molecular formula is C24H20N6O3. The van der Waals surface area contributed by atoms with Crippen molar-refractivity contribution in [2.24, 2.45) is 0 Å². The largest absolute Gasteiger partial charge is 0.493 e. The predicted molar refractivity (Wildman–Crippen MR) is 126 cm³/mol. The van der Waals surface area contributed by atoms with E-state index in [0.29, 0.717) is 28.8 Å². The van der Waals surface area contributed by atoms with Gasteiger partial charge >= 0.3 is 0 Å². The number of aromatic amines is 1. The van der Waals surface area contributed by atoms with E-state index in [1.807, 2.05) is 42.5 Å². The number of ether oxygens (including phenoxy) is 2. The number of nitrogens with one attached hydrogen (secondary N) is 3. The lowest BCUT2D eigenvalue weighted by Crippen LogP contribution is -2.12. The Bertz CT molecular complexity index is 1470. The lowest BCUT2D eigenvalue weighted by atomic mass is 10.2. The summed E-state index contributed by atoms with van der Waals surface area (Å²) in [6.45, 7) is 0. The fourth-order valence-electron chi connectivity index (χ4n) is 3.54. The first-order valence-corrected chi connectivity index (χ1v) is 10.1. The number of anilines is 3. The molecule has 0 saturated heterocycles. The molecule has 0 aliphatic heterocycles. The second-order valence-corrected chi connectivity index (χ2v) is 7.21. The van der Waals surface area contributed by atoms with Gasteiger partial charge in [-0.05, 0) is 36.4 Å². The van der Waals surface area contributed by atoms with Gasteiger partial charge < -0.3 is 19.8 Å². The molecule has 0 aliphatic carbocycles. The normalized spacial score (nSPS) is 10.8. The number of methoxy groups -OCH3 is 2. The highest BCUT2D eigenvalue weighted by molar-refractivity contribution is 6.04. The van der Waals surface area contributed by atoms with E-state index in [-0.39, 0.29) is 5.91 Å². The van der Waals surface area contributed by atoms with E-state index in [9.17, 15) is 4.79 Å². The van der Waals surface area contributed by atoms with Crippen LogP contribution in [0.5, 0.6) is 11.5 Å². The summed E-state index contributed by atoms with van der Waals surface area (Å²) in [7, 11) is 3.17. The van der Waals surface area contributed by atoms with Crippen molar-refractivity contribution in [1.82, 2.24) is 19.9 Å². The second-order valence-electron chi connectivity index (χ2n) is 7.21. The summed E-state index contributed by atoms with van der Waals surface area (Å²) in [6.07, 6.45) is 1.49. The van der Waals surface area contributed by atoms with E-state index in [2.05, 4.69) is 30.6 Å². The van der Waals surface area contributed by atoms with Gasteiger partial charge in [0.05, 0.1) is 30.8 Å². The molecule has 0 aliphatic rings. The molecule has 0 bridgehead atoms. The van der Waals surface area contributed by atoms with Gasteiger partial charge in [-0.3, -0.25) is 10.1 Å². The highest BCUT2D eigenvalue weighted by Gasteiger charge is 2.13. The molecule has 1 amide bonds. The molecule has 0 radical (unpaired) electrons. The van der Waals surface area contributed by atoms with Gasteiger partial charge in [0.2, 0.25) is 5.95 Å². The van der Waals surface area contributed by atoms with E-state index in [1.54, 1.807) is 32.4 Å². The van der Waals surface area contributed by atoms with E-state index in [1.165, 1.54) is 6.33 Å². The predicted octanol–water partition coefficient (Wildman–Crippen LogP) is 4.52. The van der Waals surface area contributed by atoms with Crippen LogP contribution in [0.15, 0.2) is 67.0 Å². The van der Waals surface area contributed by atoms with Crippen LogP contribution in [0.3, 0.4) is 0 Å². The number of hydrogen-bond donors (Lipinski definition) is 3. The minimum atomic E-state index is -0.232. The summed E-state index contributed by atoms with van der Waals surface area (Å²) in [5.74, 6) is 1.95. The van der Waals surface area contributed by atoms with Gasteiger partial charge in [0, 0.05) is 22.7 Å². The molecule has 0 fully saturated rings. The molecule has 2 heterocycles. The molecular weight excluding hydrogens is 420 g/mol. The van der Waals surface area contributed by atoms with Crippen LogP contribution in [-0.2, 0) is 0 Å². The number of imidazole rings is 1. The van der Waals surface area contributed by atoms with E-state index in [0.717, 1.165) is 27.6 Å². The average molecular weight is 440 g/mol. The first kappa shape index (κ1) is 20.3. The Hall–Kier alpha value is -4.66. The number of aromatic nitrogens is 4. The summed E-state index contributed by atoms with van der Waals surface area (Å²) in [5, 5.41) is 6.90. The SMILES string of the molecule is COc1cc2ncnc(Nc3ccc4nc(NC(=O)c5ccccc5)[nH]c4c3)c2cc1OC. The number of carbonyl (C=O) groups is 1. The quantitative estimate of drug-likeness (QED) is 0.356. The first-order chi connectivity index (χ1) is 16.1. The third kappa shape index (κ3) is 3.99. The highest BCUT2D eigenvalue weighted by Crippen LogP contribution is 2.34. The number of fused-ring (bicyclic) bond motifs is 2. The highest BCUT2D eigenvalue weighted by atomic mass is 16.5. The van der Waals surface area contributed by atoms with Crippen LogP contribution in [-0.4, -0.2) is 40.1 Å². The molecule has 3 N–H and O–H groups in total.